The van der Waals surface area contributed by atoms with Gasteiger partial charge in [0, 0.05) is 38.7 Å². The lowest BCUT2D eigenvalue weighted by atomic mass is 10.1. The Bertz CT molecular complexity index is 780. The Labute approximate surface area is 148 Å². The van der Waals surface area contributed by atoms with Crippen LogP contribution in [0.25, 0.3) is 0 Å². The van der Waals surface area contributed by atoms with Gasteiger partial charge in [-0.3, -0.25) is 9.59 Å². The van der Waals surface area contributed by atoms with Crippen LogP contribution in [0, 0.1) is 6.92 Å². The van der Waals surface area contributed by atoms with Crippen LogP contribution in [0.3, 0.4) is 0 Å². The molecule has 130 valence electrons. The SMILES string of the molecule is CC(=O)N1CCN(c2ccccc2NC(=O)c2ccccc2C)CC1. The zero-order chi connectivity index (χ0) is 17.8. The third-order valence-corrected chi connectivity index (χ3v) is 4.61. The van der Waals surface area contributed by atoms with Gasteiger partial charge in [-0.25, -0.2) is 0 Å². The predicted molar refractivity (Wildman–Crippen MR) is 100 cm³/mol. The minimum atomic E-state index is -0.104. The molecule has 0 aromatic heterocycles. The van der Waals surface area contributed by atoms with E-state index in [-0.39, 0.29) is 11.8 Å². The topological polar surface area (TPSA) is 52.7 Å². The average Bonchev–Trinajstić information content (AvgIpc) is 2.62. The quantitative estimate of drug-likeness (QED) is 0.937. The van der Waals surface area contributed by atoms with Gasteiger partial charge in [0.05, 0.1) is 11.4 Å². The molecule has 0 unspecified atom stereocenters. The van der Waals surface area contributed by atoms with Crippen molar-refractivity contribution < 1.29 is 9.59 Å². The van der Waals surface area contributed by atoms with Gasteiger partial charge in [-0.05, 0) is 30.7 Å². The summed E-state index contributed by atoms with van der Waals surface area (Å²) in [6.07, 6.45) is 0. The van der Waals surface area contributed by atoms with Crippen molar-refractivity contribution in [3.63, 3.8) is 0 Å². The third kappa shape index (κ3) is 3.82. The van der Waals surface area contributed by atoms with E-state index in [0.29, 0.717) is 18.7 Å². The Morgan fingerprint density at radius 2 is 1.56 bits per heavy atom. The second kappa shape index (κ2) is 7.38. The maximum absolute atomic E-state index is 12.6. The van der Waals surface area contributed by atoms with Crippen molar-refractivity contribution in [3.05, 3.63) is 59.7 Å². The maximum Gasteiger partial charge on any atom is 0.255 e. The lowest BCUT2D eigenvalue weighted by Gasteiger charge is -2.36. The second-order valence-electron chi connectivity index (χ2n) is 6.28. The molecule has 2 aromatic carbocycles. The monoisotopic (exact) mass is 337 g/mol. The van der Waals surface area contributed by atoms with Gasteiger partial charge in [-0.1, -0.05) is 30.3 Å². The van der Waals surface area contributed by atoms with Crippen LogP contribution in [0.4, 0.5) is 11.4 Å². The Morgan fingerprint density at radius 3 is 2.24 bits per heavy atom. The van der Waals surface area contributed by atoms with E-state index in [4.69, 9.17) is 0 Å². The number of nitrogens with one attached hydrogen (secondary N) is 1. The molecular formula is C20H23N3O2. The van der Waals surface area contributed by atoms with Crippen molar-refractivity contribution in [1.82, 2.24) is 4.90 Å². The van der Waals surface area contributed by atoms with Gasteiger partial charge in [0.25, 0.3) is 5.91 Å². The van der Waals surface area contributed by atoms with E-state index in [0.717, 1.165) is 30.0 Å². The molecule has 3 rings (SSSR count). The van der Waals surface area contributed by atoms with Gasteiger partial charge in [-0.2, -0.15) is 0 Å². The molecule has 0 bridgehead atoms. The van der Waals surface area contributed by atoms with Crippen LogP contribution in [-0.4, -0.2) is 42.9 Å². The van der Waals surface area contributed by atoms with E-state index in [1.54, 1.807) is 6.92 Å². The van der Waals surface area contributed by atoms with Crippen molar-refractivity contribution in [3.8, 4) is 0 Å². The number of anilines is 2. The Kier molecular flexibility index (Phi) is 5.03. The van der Waals surface area contributed by atoms with Crippen molar-refractivity contribution in [2.45, 2.75) is 13.8 Å². The molecule has 1 aliphatic rings. The summed E-state index contributed by atoms with van der Waals surface area (Å²) in [5.74, 6) is 0.00807. The van der Waals surface area contributed by atoms with Gasteiger partial charge in [0.2, 0.25) is 5.91 Å². The van der Waals surface area contributed by atoms with Crippen LogP contribution < -0.4 is 10.2 Å². The molecule has 0 radical (unpaired) electrons. The van der Waals surface area contributed by atoms with E-state index in [1.807, 2.05) is 60.4 Å². The number of carbonyl (C=O) groups is 2. The molecule has 5 heteroatoms. The first-order valence-corrected chi connectivity index (χ1v) is 8.53. The number of hydrogen-bond acceptors (Lipinski definition) is 3. The minimum Gasteiger partial charge on any atom is -0.366 e. The molecule has 0 aliphatic carbocycles. The number of aryl methyl sites for hydroxylation is 1. The molecule has 1 aliphatic heterocycles. The summed E-state index contributed by atoms with van der Waals surface area (Å²) in [6.45, 7) is 6.46. The highest BCUT2D eigenvalue weighted by Crippen LogP contribution is 2.27. The number of nitrogens with zero attached hydrogens (tertiary/aromatic N) is 2. The number of piperazine rings is 1. The molecule has 1 N–H and O–H groups in total. The van der Waals surface area contributed by atoms with E-state index in [2.05, 4.69) is 10.2 Å². The summed E-state index contributed by atoms with van der Waals surface area (Å²) in [5, 5.41) is 3.04. The van der Waals surface area contributed by atoms with Crippen molar-refractivity contribution in [2.24, 2.45) is 0 Å². The second-order valence-corrected chi connectivity index (χ2v) is 6.28. The van der Waals surface area contributed by atoms with Gasteiger partial charge in [-0.15, -0.1) is 0 Å². The molecular weight excluding hydrogens is 314 g/mol. The van der Waals surface area contributed by atoms with Gasteiger partial charge in [0.1, 0.15) is 0 Å². The zero-order valence-corrected chi connectivity index (χ0v) is 14.7. The molecule has 0 saturated carbocycles. The average molecular weight is 337 g/mol. The number of hydrogen-bond donors (Lipinski definition) is 1. The zero-order valence-electron chi connectivity index (χ0n) is 14.7. The highest BCUT2D eigenvalue weighted by molar-refractivity contribution is 6.06. The molecule has 25 heavy (non-hydrogen) atoms. The maximum atomic E-state index is 12.6. The fourth-order valence-corrected chi connectivity index (χ4v) is 3.13. The summed E-state index contributed by atoms with van der Waals surface area (Å²) in [7, 11) is 0. The first-order chi connectivity index (χ1) is 12.1. The molecule has 1 saturated heterocycles. The fraction of sp³-hybridized carbons (Fsp3) is 0.300. The van der Waals surface area contributed by atoms with Crippen molar-refractivity contribution in [2.75, 3.05) is 36.4 Å². The summed E-state index contributed by atoms with van der Waals surface area (Å²) in [4.78, 5) is 28.2. The molecule has 5 nitrogen and oxygen atoms in total. The Hall–Kier alpha value is -2.82. The molecule has 2 aromatic rings. The van der Waals surface area contributed by atoms with Gasteiger partial charge < -0.3 is 15.1 Å². The summed E-state index contributed by atoms with van der Waals surface area (Å²) in [6, 6.07) is 15.4. The molecule has 0 atom stereocenters. The first-order valence-electron chi connectivity index (χ1n) is 8.53. The van der Waals surface area contributed by atoms with Gasteiger partial charge >= 0.3 is 0 Å². The van der Waals surface area contributed by atoms with Crippen LogP contribution in [-0.2, 0) is 4.79 Å². The normalized spacial score (nSPS) is 14.3. The first kappa shape index (κ1) is 17.0. The standard InChI is InChI=1S/C20H23N3O2/c1-15-7-3-4-8-17(15)20(25)21-18-9-5-6-10-19(18)23-13-11-22(12-14-23)16(2)24/h3-10H,11-14H2,1-2H3,(H,21,25). The van der Waals surface area contributed by atoms with Gasteiger partial charge in [0.15, 0.2) is 0 Å². The lowest BCUT2D eigenvalue weighted by molar-refractivity contribution is -0.129. The van der Waals surface area contributed by atoms with Crippen LogP contribution in [0.15, 0.2) is 48.5 Å². The number of para-hydroxylation sites is 2. The molecule has 0 spiro atoms. The predicted octanol–water partition coefficient (Wildman–Crippen LogP) is 2.92. The minimum absolute atomic E-state index is 0.104. The third-order valence-electron chi connectivity index (χ3n) is 4.61. The number of carbonyl (C=O) groups excluding carboxylic acids is 2. The summed E-state index contributed by atoms with van der Waals surface area (Å²) < 4.78 is 0. The van der Waals surface area contributed by atoms with E-state index < -0.39 is 0 Å². The molecule has 1 fully saturated rings. The molecule has 2 amide bonds. The lowest BCUT2D eigenvalue weighted by Crippen LogP contribution is -2.48. The number of rotatable bonds is 3. The summed E-state index contributed by atoms with van der Waals surface area (Å²) >= 11 is 0. The van der Waals surface area contributed by atoms with Crippen LogP contribution in [0.1, 0.15) is 22.8 Å². The summed E-state index contributed by atoms with van der Waals surface area (Å²) in [5.41, 5.74) is 3.42. The molecule has 1 heterocycles. The van der Waals surface area contributed by atoms with E-state index >= 15 is 0 Å². The highest BCUT2D eigenvalue weighted by Gasteiger charge is 2.21. The Balaban J connectivity index is 1.77. The number of amides is 2. The van der Waals surface area contributed by atoms with Crippen molar-refractivity contribution >= 4 is 23.2 Å². The van der Waals surface area contributed by atoms with E-state index in [9.17, 15) is 9.59 Å². The van der Waals surface area contributed by atoms with E-state index in [1.165, 1.54) is 0 Å². The van der Waals surface area contributed by atoms with Crippen molar-refractivity contribution in [1.29, 1.82) is 0 Å². The fourth-order valence-electron chi connectivity index (χ4n) is 3.13. The van der Waals surface area contributed by atoms with Crippen LogP contribution in [0.5, 0.6) is 0 Å². The van der Waals surface area contributed by atoms with Crippen LogP contribution >= 0.6 is 0 Å². The smallest absolute Gasteiger partial charge is 0.255 e. The number of benzene rings is 2. The largest absolute Gasteiger partial charge is 0.366 e. The van der Waals surface area contributed by atoms with Crippen LogP contribution in [0.2, 0.25) is 0 Å². The highest BCUT2D eigenvalue weighted by atomic mass is 16.2. The Morgan fingerprint density at radius 1 is 0.920 bits per heavy atom.